The molecule has 4 aliphatic rings. The van der Waals surface area contributed by atoms with Crippen LogP contribution in [0.3, 0.4) is 0 Å². The van der Waals surface area contributed by atoms with E-state index in [-0.39, 0.29) is 54.7 Å². The van der Waals surface area contributed by atoms with Gasteiger partial charge in [-0.25, -0.2) is 18.4 Å². The maximum absolute atomic E-state index is 14.6. The summed E-state index contributed by atoms with van der Waals surface area (Å²) in [6.07, 6.45) is 0.237. The first kappa shape index (κ1) is 44.0. The minimum absolute atomic E-state index is 0.00587. The number of aromatic nitrogens is 2. The van der Waals surface area contributed by atoms with Crippen LogP contribution >= 0.6 is 22.9 Å². The molecule has 0 radical (unpaired) electrons. The second-order valence-electron chi connectivity index (χ2n) is 16.8. The number of amides is 4. The third kappa shape index (κ3) is 8.29. The van der Waals surface area contributed by atoms with Crippen molar-refractivity contribution in [2.75, 3.05) is 27.4 Å². The number of piperazine rings is 1. The number of sulfonamides is 1. The number of carbonyl (C=O) groups is 4. The second kappa shape index (κ2) is 17.0. The summed E-state index contributed by atoms with van der Waals surface area (Å²) in [6.45, 7) is 11.2. The molecule has 1 aromatic carbocycles. The van der Waals surface area contributed by atoms with Gasteiger partial charge in [0.05, 0.1) is 22.5 Å². The molecule has 16 nitrogen and oxygen atoms in total. The molecule has 0 spiro atoms. The van der Waals surface area contributed by atoms with Gasteiger partial charge in [0.15, 0.2) is 6.29 Å². The highest BCUT2D eigenvalue weighted by atomic mass is 35.5. The van der Waals surface area contributed by atoms with Gasteiger partial charge in [-0.3, -0.25) is 23.9 Å². The number of fused-ring (bicyclic) bond motifs is 2. The Balaban J connectivity index is 1.27. The van der Waals surface area contributed by atoms with Crippen molar-refractivity contribution in [1.29, 1.82) is 0 Å². The van der Waals surface area contributed by atoms with Gasteiger partial charge in [-0.15, -0.1) is 11.3 Å². The van der Waals surface area contributed by atoms with E-state index in [0.717, 1.165) is 5.69 Å². The van der Waals surface area contributed by atoms with Gasteiger partial charge in [0.2, 0.25) is 27.7 Å². The topological polar surface area (TPSA) is 196 Å². The van der Waals surface area contributed by atoms with Crippen LogP contribution in [-0.2, 0) is 38.7 Å². The normalized spacial score (nSPS) is 25.3. The van der Waals surface area contributed by atoms with Crippen LogP contribution in [-0.4, -0.2) is 120 Å². The molecule has 7 rings (SSSR count). The first-order valence-corrected chi connectivity index (χ1v) is 23.2. The van der Waals surface area contributed by atoms with E-state index in [9.17, 15) is 27.6 Å². The van der Waals surface area contributed by atoms with Crippen LogP contribution < -0.4 is 19.5 Å². The van der Waals surface area contributed by atoms with E-state index in [0.29, 0.717) is 52.4 Å². The third-order valence-electron chi connectivity index (χ3n) is 12.0. The molecule has 2 aromatic heterocycles. The molecule has 6 atom stereocenters. The standard InChI is InChI=1S/C41H53ClN6O10S2/c1-9-23-16-41(23,40(52)46-60(53,54)24-10-11-24)45-37(50)28-15-32(29-17-47(22(6)49)36(21(4)5)39(51)48(28)29)58-31-14-26(38-44-27(19-59-38)20(2)3)43-35-25(31)12-13-30(34(35)42)57-18-33(55-7)56-8/h12-14,19-21,23-24,28-29,32-33,36H,9-11,15-18H2,1-8H3,(H,45,50)(H,46,52)/t23-,28+,29-,32-,36-,41-/m1/s1. The Bertz CT molecular complexity index is 2280. The third-order valence-corrected chi connectivity index (χ3v) is 15.1. The number of rotatable bonds is 16. The maximum Gasteiger partial charge on any atom is 0.259 e. The highest BCUT2D eigenvalue weighted by molar-refractivity contribution is 7.91. The van der Waals surface area contributed by atoms with E-state index in [1.807, 2.05) is 40.0 Å². The summed E-state index contributed by atoms with van der Waals surface area (Å²) >= 11 is 8.44. The Morgan fingerprint density at radius 1 is 1.08 bits per heavy atom. The molecule has 2 aliphatic carbocycles. The van der Waals surface area contributed by atoms with E-state index < -0.39 is 69.1 Å². The minimum Gasteiger partial charge on any atom is -0.487 e. The fraction of sp³-hybridized carbons (Fsp3) is 0.610. The van der Waals surface area contributed by atoms with Gasteiger partial charge in [0, 0.05) is 50.9 Å². The highest BCUT2D eigenvalue weighted by Crippen LogP contribution is 2.48. The number of benzene rings is 1. The SMILES string of the molecule is CC[C@@H]1C[C@]1(NC(=O)[C@@H]1C[C@@H](Oc2cc(-c3nc(C(C)C)cs3)nc3c(Cl)c(OCC(OC)OC)ccc23)[C@H]2CN(C(C)=O)[C@H](C(C)C)C(=O)N21)C(=O)NS(=O)(=O)C1CC1. The Morgan fingerprint density at radius 2 is 1.80 bits per heavy atom. The van der Waals surface area contributed by atoms with Crippen molar-refractivity contribution >= 4 is 67.5 Å². The zero-order chi connectivity index (χ0) is 43.4. The lowest BCUT2D eigenvalue weighted by atomic mass is 9.95. The van der Waals surface area contributed by atoms with E-state index in [1.165, 1.54) is 42.3 Å². The Labute approximate surface area is 359 Å². The van der Waals surface area contributed by atoms with Crippen LogP contribution in [0.2, 0.25) is 5.02 Å². The number of methoxy groups -OCH3 is 2. The highest BCUT2D eigenvalue weighted by Gasteiger charge is 2.63. The molecular formula is C41H53ClN6O10S2. The van der Waals surface area contributed by atoms with E-state index in [4.69, 9.17) is 40.5 Å². The number of halogens is 1. The molecule has 0 bridgehead atoms. The van der Waals surface area contributed by atoms with Gasteiger partial charge >= 0.3 is 0 Å². The number of nitrogens with zero attached hydrogens (tertiary/aromatic N) is 4. The summed E-state index contributed by atoms with van der Waals surface area (Å²) in [4.78, 5) is 68.8. The van der Waals surface area contributed by atoms with Crippen LogP contribution in [0.25, 0.3) is 21.6 Å². The molecule has 3 aromatic rings. The largest absolute Gasteiger partial charge is 0.487 e. The summed E-state index contributed by atoms with van der Waals surface area (Å²) in [5.41, 5.74) is 0.265. The minimum atomic E-state index is -3.89. The predicted octanol–water partition coefficient (Wildman–Crippen LogP) is 4.63. The summed E-state index contributed by atoms with van der Waals surface area (Å²) in [7, 11) is -0.892. The summed E-state index contributed by atoms with van der Waals surface area (Å²) in [6, 6.07) is 2.47. The fourth-order valence-corrected chi connectivity index (χ4v) is 11.0. The predicted molar refractivity (Wildman–Crippen MR) is 224 cm³/mol. The molecule has 2 N–H and O–H groups in total. The summed E-state index contributed by atoms with van der Waals surface area (Å²) in [5, 5.41) is 5.59. The molecule has 19 heteroatoms. The quantitative estimate of drug-likeness (QED) is 0.190. The Kier molecular flexibility index (Phi) is 12.4. The van der Waals surface area contributed by atoms with Crippen molar-refractivity contribution < 1.29 is 46.5 Å². The molecule has 326 valence electrons. The van der Waals surface area contributed by atoms with Gasteiger partial charge in [-0.2, -0.15) is 0 Å². The van der Waals surface area contributed by atoms with E-state index in [1.54, 1.807) is 18.2 Å². The van der Waals surface area contributed by atoms with Crippen LogP contribution in [0.5, 0.6) is 11.5 Å². The van der Waals surface area contributed by atoms with Gasteiger partial charge in [-0.05, 0) is 49.1 Å². The molecular weight excluding hydrogens is 836 g/mol. The Morgan fingerprint density at radius 3 is 2.38 bits per heavy atom. The Hall–Kier alpha value is -4.10. The van der Waals surface area contributed by atoms with Gasteiger partial charge in [0.25, 0.3) is 5.91 Å². The number of thiazole rings is 1. The zero-order valence-electron chi connectivity index (χ0n) is 35.0. The summed E-state index contributed by atoms with van der Waals surface area (Å²) < 4.78 is 51.4. The number of carbonyl (C=O) groups excluding carboxylic acids is 4. The molecule has 4 amide bonds. The lowest BCUT2D eigenvalue weighted by Crippen LogP contribution is -2.67. The van der Waals surface area contributed by atoms with Crippen molar-refractivity contribution in [1.82, 2.24) is 29.8 Å². The molecule has 2 aliphatic heterocycles. The number of hydrogen-bond donors (Lipinski definition) is 2. The van der Waals surface area contributed by atoms with Crippen molar-refractivity contribution in [3.05, 3.63) is 34.3 Å². The smallest absolute Gasteiger partial charge is 0.259 e. The van der Waals surface area contributed by atoms with Gasteiger partial charge in [-0.1, -0.05) is 52.6 Å². The number of hydrogen-bond acceptors (Lipinski definition) is 13. The number of pyridine rings is 1. The van der Waals surface area contributed by atoms with E-state index >= 15 is 0 Å². The molecule has 2 saturated carbocycles. The average Bonchev–Trinajstić information content (AvgIpc) is 4.09. The van der Waals surface area contributed by atoms with E-state index in [2.05, 4.69) is 10.0 Å². The number of nitrogens with one attached hydrogen (secondary N) is 2. The van der Waals surface area contributed by atoms with Gasteiger partial charge < -0.3 is 34.1 Å². The first-order chi connectivity index (χ1) is 28.4. The van der Waals surface area contributed by atoms with Crippen molar-refractivity contribution in [2.24, 2.45) is 11.8 Å². The average molecular weight is 889 g/mol. The van der Waals surface area contributed by atoms with Crippen molar-refractivity contribution in [2.45, 2.75) is 121 Å². The van der Waals surface area contributed by atoms with Crippen LogP contribution in [0, 0.1) is 11.8 Å². The first-order valence-electron chi connectivity index (χ1n) is 20.4. The molecule has 2 saturated heterocycles. The number of ether oxygens (including phenoxy) is 4. The lowest BCUT2D eigenvalue weighted by Gasteiger charge is -2.46. The molecule has 4 fully saturated rings. The van der Waals surface area contributed by atoms with Gasteiger partial charge in [0.1, 0.15) is 57.6 Å². The second-order valence-corrected chi connectivity index (χ2v) is 19.9. The van der Waals surface area contributed by atoms with Crippen LogP contribution in [0.1, 0.15) is 85.3 Å². The van der Waals surface area contributed by atoms with Crippen LogP contribution in [0.15, 0.2) is 23.6 Å². The molecule has 0 unspecified atom stereocenters. The fourth-order valence-electron chi connectivity index (χ4n) is 8.40. The van der Waals surface area contributed by atoms with Crippen LogP contribution in [0.4, 0.5) is 0 Å². The monoisotopic (exact) mass is 888 g/mol. The lowest BCUT2D eigenvalue weighted by molar-refractivity contribution is -0.159. The maximum atomic E-state index is 14.6. The molecule has 4 heterocycles. The summed E-state index contributed by atoms with van der Waals surface area (Å²) in [5.74, 6) is -1.84. The zero-order valence-corrected chi connectivity index (χ0v) is 37.4. The van der Waals surface area contributed by atoms with Crippen molar-refractivity contribution in [3.8, 4) is 22.2 Å². The van der Waals surface area contributed by atoms with Crippen molar-refractivity contribution in [3.63, 3.8) is 0 Å². The molecule has 60 heavy (non-hydrogen) atoms.